The summed E-state index contributed by atoms with van der Waals surface area (Å²) < 4.78 is 5.72. The summed E-state index contributed by atoms with van der Waals surface area (Å²) in [4.78, 5) is 23.4. The molecule has 0 amide bonds. The maximum absolute atomic E-state index is 12.3. The zero-order chi connectivity index (χ0) is 18.2. The molecule has 8 heteroatoms. The minimum Gasteiger partial charge on any atom is -0.331 e. The molecule has 0 bridgehead atoms. The first-order valence-corrected chi connectivity index (χ1v) is 9.60. The van der Waals surface area contributed by atoms with Crippen molar-refractivity contribution in [3.63, 3.8) is 0 Å². The highest BCUT2D eigenvalue weighted by atomic mass is 16.1. The molecule has 1 aliphatic heterocycles. The Balaban J connectivity index is 1.34. The highest BCUT2D eigenvalue weighted by molar-refractivity contribution is 5.19. The summed E-state index contributed by atoms with van der Waals surface area (Å²) >= 11 is 0. The van der Waals surface area contributed by atoms with Gasteiger partial charge in [0.25, 0.3) is 5.56 Å². The maximum atomic E-state index is 12.3. The van der Waals surface area contributed by atoms with Gasteiger partial charge in [-0.25, -0.2) is 14.6 Å². The van der Waals surface area contributed by atoms with E-state index in [2.05, 4.69) is 30.7 Å². The van der Waals surface area contributed by atoms with Gasteiger partial charge in [0.2, 0.25) is 0 Å². The van der Waals surface area contributed by atoms with Gasteiger partial charge in [0.15, 0.2) is 5.82 Å². The van der Waals surface area contributed by atoms with E-state index in [1.807, 2.05) is 17.0 Å². The first kappa shape index (κ1) is 16.4. The minimum absolute atomic E-state index is 0.0646. The fourth-order valence-corrected chi connectivity index (χ4v) is 3.94. The molecule has 4 heterocycles. The Morgan fingerprint density at radius 3 is 2.85 bits per heavy atom. The molecule has 2 aliphatic rings. The molecule has 0 N–H and O–H groups in total. The quantitative estimate of drug-likeness (QED) is 0.664. The topological polar surface area (TPSA) is 73.8 Å². The molecule has 1 saturated heterocycles. The number of hydrogen-bond acceptors (Lipinski definition) is 5. The van der Waals surface area contributed by atoms with Gasteiger partial charge in [0, 0.05) is 42.9 Å². The molecule has 1 saturated carbocycles. The third-order valence-electron chi connectivity index (χ3n) is 5.54. The van der Waals surface area contributed by atoms with Crippen LogP contribution in [0, 0.1) is 0 Å². The van der Waals surface area contributed by atoms with Crippen LogP contribution in [-0.4, -0.2) is 46.4 Å². The molecule has 1 atom stereocenters. The van der Waals surface area contributed by atoms with Crippen LogP contribution in [-0.2, 0) is 13.1 Å². The van der Waals surface area contributed by atoms with E-state index in [9.17, 15) is 4.79 Å². The standard InChI is InChI=1S/C19H23N7O/c27-19-6-5-17(24-10-7-20-14-24)22-26(19)12-16-2-1-9-23(16)13-18-21-8-11-25(18)15-3-4-15/h5-8,10-11,14-16H,1-4,9,12-13H2. The molecular weight excluding hydrogens is 342 g/mol. The van der Waals surface area contributed by atoms with Gasteiger partial charge in [-0.2, -0.15) is 5.10 Å². The molecule has 5 rings (SSSR count). The van der Waals surface area contributed by atoms with Crippen molar-refractivity contribution in [3.8, 4) is 5.82 Å². The normalized spacial score (nSPS) is 20.4. The van der Waals surface area contributed by atoms with Crippen LogP contribution in [0.5, 0.6) is 0 Å². The summed E-state index contributed by atoms with van der Waals surface area (Å²) in [6, 6.07) is 4.26. The second-order valence-corrected chi connectivity index (χ2v) is 7.43. The number of hydrogen-bond donors (Lipinski definition) is 0. The summed E-state index contributed by atoms with van der Waals surface area (Å²) in [6.07, 6.45) is 14.0. The molecule has 0 aromatic carbocycles. The van der Waals surface area contributed by atoms with Gasteiger partial charge in [-0.15, -0.1) is 0 Å². The van der Waals surface area contributed by atoms with Crippen LogP contribution < -0.4 is 5.56 Å². The van der Waals surface area contributed by atoms with Crippen LogP contribution in [0.2, 0.25) is 0 Å². The van der Waals surface area contributed by atoms with E-state index in [-0.39, 0.29) is 5.56 Å². The lowest BCUT2D eigenvalue weighted by atomic mass is 10.2. The molecule has 0 spiro atoms. The van der Waals surface area contributed by atoms with E-state index >= 15 is 0 Å². The number of rotatable bonds is 6. The fourth-order valence-electron chi connectivity index (χ4n) is 3.94. The molecule has 8 nitrogen and oxygen atoms in total. The zero-order valence-electron chi connectivity index (χ0n) is 15.2. The van der Waals surface area contributed by atoms with Crippen LogP contribution in [0.3, 0.4) is 0 Å². The van der Waals surface area contributed by atoms with Crippen LogP contribution in [0.25, 0.3) is 5.82 Å². The molecule has 27 heavy (non-hydrogen) atoms. The van der Waals surface area contributed by atoms with Crippen molar-refractivity contribution in [2.45, 2.75) is 50.9 Å². The third kappa shape index (κ3) is 3.32. The minimum atomic E-state index is -0.0646. The third-order valence-corrected chi connectivity index (χ3v) is 5.54. The van der Waals surface area contributed by atoms with Crippen molar-refractivity contribution in [1.29, 1.82) is 0 Å². The van der Waals surface area contributed by atoms with Gasteiger partial charge < -0.3 is 4.57 Å². The molecule has 0 radical (unpaired) electrons. The van der Waals surface area contributed by atoms with Gasteiger partial charge in [0.1, 0.15) is 12.2 Å². The van der Waals surface area contributed by atoms with Gasteiger partial charge >= 0.3 is 0 Å². The Morgan fingerprint density at radius 1 is 1.11 bits per heavy atom. The van der Waals surface area contributed by atoms with Crippen molar-refractivity contribution in [2.24, 2.45) is 0 Å². The van der Waals surface area contributed by atoms with Gasteiger partial charge in [-0.05, 0) is 38.3 Å². The van der Waals surface area contributed by atoms with Crippen molar-refractivity contribution < 1.29 is 0 Å². The van der Waals surface area contributed by atoms with E-state index < -0.39 is 0 Å². The van der Waals surface area contributed by atoms with E-state index in [0.717, 1.165) is 31.8 Å². The van der Waals surface area contributed by atoms with Gasteiger partial charge in [0.05, 0.1) is 13.1 Å². The smallest absolute Gasteiger partial charge is 0.266 e. The molecule has 3 aromatic heterocycles. The highest BCUT2D eigenvalue weighted by Crippen LogP contribution is 2.36. The molecule has 3 aromatic rings. The second kappa shape index (κ2) is 6.77. The molecule has 1 unspecified atom stereocenters. The Kier molecular flexibility index (Phi) is 4.12. The first-order chi connectivity index (χ1) is 13.3. The van der Waals surface area contributed by atoms with E-state index in [4.69, 9.17) is 0 Å². The maximum Gasteiger partial charge on any atom is 0.266 e. The molecule has 140 valence electrons. The van der Waals surface area contributed by atoms with Crippen LogP contribution >= 0.6 is 0 Å². The molecular formula is C19H23N7O. The molecule has 2 fully saturated rings. The monoisotopic (exact) mass is 365 g/mol. The van der Waals surface area contributed by atoms with E-state index in [0.29, 0.717) is 24.4 Å². The predicted molar refractivity (Wildman–Crippen MR) is 99.5 cm³/mol. The summed E-state index contributed by atoms with van der Waals surface area (Å²) in [6.45, 7) is 2.48. The lowest BCUT2D eigenvalue weighted by molar-refractivity contribution is 0.209. The summed E-state index contributed by atoms with van der Waals surface area (Å²) in [5.41, 5.74) is -0.0646. The number of aromatic nitrogens is 6. The average Bonchev–Trinajstić information content (AvgIpc) is 3.07. The molecule has 1 aliphatic carbocycles. The van der Waals surface area contributed by atoms with Gasteiger partial charge in [-0.1, -0.05) is 0 Å². The van der Waals surface area contributed by atoms with E-state index in [1.165, 1.54) is 12.8 Å². The van der Waals surface area contributed by atoms with E-state index in [1.54, 1.807) is 29.3 Å². The SMILES string of the molecule is O=c1ccc(-n2ccnc2)nn1CC1CCCN1Cc1nccn1C1CC1. The summed E-state index contributed by atoms with van der Waals surface area (Å²) in [7, 11) is 0. The first-order valence-electron chi connectivity index (χ1n) is 9.60. The van der Waals surface area contributed by atoms with Crippen LogP contribution in [0.4, 0.5) is 0 Å². The van der Waals surface area contributed by atoms with Crippen LogP contribution in [0.15, 0.2) is 48.0 Å². The Bertz CT molecular complexity index is 970. The average molecular weight is 365 g/mol. The number of nitrogens with zero attached hydrogens (tertiary/aromatic N) is 7. The summed E-state index contributed by atoms with van der Waals surface area (Å²) in [5.74, 6) is 1.85. The lowest BCUT2D eigenvalue weighted by Gasteiger charge is -2.24. The van der Waals surface area contributed by atoms with Gasteiger partial charge in [-0.3, -0.25) is 14.3 Å². The fraction of sp³-hybridized carbons (Fsp3) is 0.474. The number of likely N-dealkylation sites (tertiary alicyclic amines) is 1. The highest BCUT2D eigenvalue weighted by Gasteiger charge is 2.30. The lowest BCUT2D eigenvalue weighted by Crippen LogP contribution is -2.37. The van der Waals surface area contributed by atoms with Crippen molar-refractivity contribution in [2.75, 3.05) is 6.54 Å². The van der Waals surface area contributed by atoms with Crippen molar-refractivity contribution >= 4 is 0 Å². The summed E-state index contributed by atoms with van der Waals surface area (Å²) in [5, 5.41) is 4.55. The Labute approximate surface area is 157 Å². The zero-order valence-corrected chi connectivity index (χ0v) is 15.2. The predicted octanol–water partition coefficient (Wildman–Crippen LogP) is 1.62. The van der Waals surface area contributed by atoms with Crippen molar-refractivity contribution in [1.82, 2.24) is 33.8 Å². The van der Waals surface area contributed by atoms with Crippen molar-refractivity contribution in [3.05, 3.63) is 59.4 Å². The van der Waals surface area contributed by atoms with Crippen LogP contribution in [0.1, 0.15) is 37.5 Å². The largest absolute Gasteiger partial charge is 0.331 e. The number of imidazole rings is 2. The Hall–Kier alpha value is -2.74. The second-order valence-electron chi connectivity index (χ2n) is 7.43. The Morgan fingerprint density at radius 2 is 2.04 bits per heavy atom.